The molecule has 0 aliphatic heterocycles. The fourth-order valence-corrected chi connectivity index (χ4v) is 2.21. The van der Waals surface area contributed by atoms with Crippen molar-refractivity contribution in [3.05, 3.63) is 40.0 Å². The number of aliphatic carboxylic acids is 1. The molecule has 2 rings (SSSR count). The molecule has 6 nitrogen and oxygen atoms in total. The molecule has 6 heteroatoms. The monoisotopic (exact) mass is 276 g/mol. The van der Waals surface area contributed by atoms with E-state index in [9.17, 15) is 14.9 Å². The molecule has 1 aromatic carbocycles. The zero-order valence-corrected chi connectivity index (χ0v) is 11.2. The quantitative estimate of drug-likeness (QED) is 0.508. The van der Waals surface area contributed by atoms with Crippen molar-refractivity contribution in [2.45, 2.75) is 25.3 Å². The summed E-state index contributed by atoms with van der Waals surface area (Å²) in [5, 5.41) is 19.6. The van der Waals surface area contributed by atoms with Crippen molar-refractivity contribution >= 4 is 23.4 Å². The molecule has 0 unspecified atom stereocenters. The van der Waals surface area contributed by atoms with Crippen LogP contribution in [0, 0.1) is 10.1 Å². The Kier molecular flexibility index (Phi) is 4.02. The maximum absolute atomic E-state index is 11.0. The van der Waals surface area contributed by atoms with Crippen LogP contribution < -0.4 is 4.90 Å². The van der Waals surface area contributed by atoms with Gasteiger partial charge in [-0.15, -0.1) is 0 Å². The van der Waals surface area contributed by atoms with Crippen molar-refractivity contribution in [3.8, 4) is 0 Å². The summed E-state index contributed by atoms with van der Waals surface area (Å²) < 4.78 is 0. The first kappa shape index (κ1) is 14.0. The van der Waals surface area contributed by atoms with Gasteiger partial charge in [0, 0.05) is 30.9 Å². The maximum Gasteiger partial charge on any atom is 0.328 e. The number of benzene rings is 1. The van der Waals surface area contributed by atoms with Crippen LogP contribution in [-0.4, -0.2) is 29.1 Å². The summed E-state index contributed by atoms with van der Waals surface area (Å²) >= 11 is 0. The lowest BCUT2D eigenvalue weighted by Gasteiger charge is -2.36. The molecule has 0 atom stereocenters. The molecule has 0 bridgehead atoms. The molecular formula is C14H16N2O4. The maximum atomic E-state index is 11.0. The summed E-state index contributed by atoms with van der Waals surface area (Å²) in [6, 6.07) is 5.25. The van der Waals surface area contributed by atoms with Gasteiger partial charge >= 0.3 is 5.97 Å². The molecule has 20 heavy (non-hydrogen) atoms. The van der Waals surface area contributed by atoms with E-state index in [0.717, 1.165) is 24.6 Å². The third kappa shape index (κ3) is 2.96. The van der Waals surface area contributed by atoms with E-state index >= 15 is 0 Å². The van der Waals surface area contributed by atoms with E-state index in [0.29, 0.717) is 11.6 Å². The fraction of sp³-hybridized carbons (Fsp3) is 0.357. The molecule has 1 N–H and O–H groups in total. The highest BCUT2D eigenvalue weighted by Crippen LogP contribution is 2.31. The van der Waals surface area contributed by atoms with Gasteiger partial charge in [0.05, 0.1) is 10.5 Å². The molecule has 0 saturated heterocycles. The van der Waals surface area contributed by atoms with Crippen LogP contribution in [0.15, 0.2) is 24.3 Å². The van der Waals surface area contributed by atoms with Crippen LogP contribution >= 0.6 is 0 Å². The normalized spacial score (nSPS) is 15.1. The van der Waals surface area contributed by atoms with Gasteiger partial charge in [-0.3, -0.25) is 10.1 Å². The Balaban J connectivity index is 2.34. The van der Waals surface area contributed by atoms with Gasteiger partial charge in [-0.05, 0) is 37.5 Å². The molecular weight excluding hydrogens is 260 g/mol. The van der Waals surface area contributed by atoms with E-state index in [1.54, 1.807) is 12.1 Å². The summed E-state index contributed by atoms with van der Waals surface area (Å²) in [6.45, 7) is 0. The van der Waals surface area contributed by atoms with Crippen LogP contribution in [0.5, 0.6) is 0 Å². The molecule has 1 fully saturated rings. The number of hydrogen-bond donors (Lipinski definition) is 1. The first-order valence-electron chi connectivity index (χ1n) is 6.41. The van der Waals surface area contributed by atoms with E-state index in [1.807, 2.05) is 7.05 Å². The van der Waals surface area contributed by atoms with Gasteiger partial charge in [-0.25, -0.2) is 4.79 Å². The van der Waals surface area contributed by atoms with Crippen LogP contribution in [0.1, 0.15) is 24.8 Å². The Morgan fingerprint density at radius 2 is 2.20 bits per heavy atom. The second kappa shape index (κ2) is 5.73. The predicted molar refractivity (Wildman–Crippen MR) is 75.8 cm³/mol. The highest BCUT2D eigenvalue weighted by molar-refractivity contribution is 5.86. The Morgan fingerprint density at radius 1 is 1.50 bits per heavy atom. The van der Waals surface area contributed by atoms with Crippen LogP contribution in [0.25, 0.3) is 6.08 Å². The number of anilines is 1. The minimum atomic E-state index is -1.13. The average molecular weight is 276 g/mol. The second-order valence-corrected chi connectivity index (χ2v) is 4.87. The Morgan fingerprint density at radius 3 is 2.70 bits per heavy atom. The Bertz CT molecular complexity index is 564. The summed E-state index contributed by atoms with van der Waals surface area (Å²) in [5.74, 6) is -1.13. The van der Waals surface area contributed by atoms with Gasteiger partial charge in [-0.2, -0.15) is 0 Å². The standard InChI is InChI=1S/C14H16N2O4/c1-15(11-3-2-4-11)12-6-7-13(16(19)20)10(9-12)5-8-14(17)18/h5-9,11H,2-4H2,1H3,(H,17,18)/b8-5+. The summed E-state index contributed by atoms with van der Waals surface area (Å²) in [5.41, 5.74) is 1.08. The highest BCUT2D eigenvalue weighted by atomic mass is 16.6. The third-order valence-corrected chi connectivity index (χ3v) is 3.64. The lowest BCUT2D eigenvalue weighted by Crippen LogP contribution is -2.37. The number of hydrogen-bond acceptors (Lipinski definition) is 4. The van der Waals surface area contributed by atoms with Gasteiger partial charge in [0.2, 0.25) is 0 Å². The molecule has 1 aliphatic carbocycles. The predicted octanol–water partition coefficient (Wildman–Crippen LogP) is 2.68. The largest absolute Gasteiger partial charge is 0.478 e. The lowest BCUT2D eigenvalue weighted by atomic mass is 9.91. The number of carbonyl (C=O) groups is 1. The van der Waals surface area contributed by atoms with Crippen molar-refractivity contribution in [3.63, 3.8) is 0 Å². The fourth-order valence-electron chi connectivity index (χ4n) is 2.21. The van der Waals surface area contributed by atoms with Gasteiger partial charge in [0.1, 0.15) is 0 Å². The van der Waals surface area contributed by atoms with Crippen molar-refractivity contribution in [2.75, 3.05) is 11.9 Å². The summed E-state index contributed by atoms with van der Waals surface area (Å²) in [6.07, 6.45) is 5.61. The summed E-state index contributed by atoms with van der Waals surface area (Å²) in [7, 11) is 1.95. The average Bonchev–Trinajstić information content (AvgIpc) is 2.33. The molecule has 106 valence electrons. The number of nitro benzene ring substituents is 1. The van der Waals surface area contributed by atoms with Crippen LogP contribution in [-0.2, 0) is 4.79 Å². The molecule has 0 radical (unpaired) electrons. The number of carboxylic acid groups (broad SMARTS) is 1. The number of nitro groups is 1. The van der Waals surface area contributed by atoms with Gasteiger partial charge < -0.3 is 10.0 Å². The molecule has 0 aromatic heterocycles. The number of nitrogens with zero attached hydrogens (tertiary/aromatic N) is 2. The van der Waals surface area contributed by atoms with Gasteiger partial charge in [0.25, 0.3) is 5.69 Å². The second-order valence-electron chi connectivity index (χ2n) is 4.87. The van der Waals surface area contributed by atoms with Crippen LogP contribution in [0.2, 0.25) is 0 Å². The zero-order chi connectivity index (χ0) is 14.7. The topological polar surface area (TPSA) is 83.7 Å². The highest BCUT2D eigenvalue weighted by Gasteiger charge is 2.23. The van der Waals surface area contributed by atoms with Crippen molar-refractivity contribution in [2.24, 2.45) is 0 Å². The first-order valence-corrected chi connectivity index (χ1v) is 6.41. The third-order valence-electron chi connectivity index (χ3n) is 3.64. The Labute approximate surface area is 116 Å². The first-order chi connectivity index (χ1) is 9.49. The van der Waals surface area contributed by atoms with Crippen molar-refractivity contribution < 1.29 is 14.8 Å². The van der Waals surface area contributed by atoms with Crippen molar-refractivity contribution in [1.29, 1.82) is 0 Å². The molecule has 1 saturated carbocycles. The van der Waals surface area contributed by atoms with Gasteiger partial charge in [-0.1, -0.05) is 0 Å². The molecule has 0 heterocycles. The van der Waals surface area contributed by atoms with E-state index in [-0.39, 0.29) is 5.69 Å². The smallest absolute Gasteiger partial charge is 0.328 e. The zero-order valence-electron chi connectivity index (χ0n) is 11.2. The van der Waals surface area contributed by atoms with E-state index in [2.05, 4.69) is 4.90 Å². The summed E-state index contributed by atoms with van der Waals surface area (Å²) in [4.78, 5) is 23.1. The minimum absolute atomic E-state index is 0.0896. The lowest BCUT2D eigenvalue weighted by molar-refractivity contribution is -0.385. The molecule has 0 amide bonds. The van der Waals surface area contributed by atoms with E-state index < -0.39 is 10.9 Å². The molecule has 0 spiro atoms. The van der Waals surface area contributed by atoms with Crippen LogP contribution in [0.4, 0.5) is 11.4 Å². The van der Waals surface area contributed by atoms with E-state index in [1.165, 1.54) is 18.6 Å². The number of rotatable bonds is 5. The van der Waals surface area contributed by atoms with Gasteiger partial charge in [0.15, 0.2) is 0 Å². The SMILES string of the molecule is CN(c1ccc([N+](=O)[O-])c(/C=C/C(=O)O)c1)C1CCC1. The molecule has 1 aliphatic rings. The van der Waals surface area contributed by atoms with Crippen molar-refractivity contribution in [1.82, 2.24) is 0 Å². The van der Waals surface area contributed by atoms with Crippen LogP contribution in [0.3, 0.4) is 0 Å². The van der Waals surface area contributed by atoms with E-state index in [4.69, 9.17) is 5.11 Å². The number of carboxylic acids is 1. The minimum Gasteiger partial charge on any atom is -0.478 e. The Hall–Kier alpha value is -2.37. The molecule has 1 aromatic rings.